The van der Waals surface area contributed by atoms with Gasteiger partial charge in [-0.05, 0) is 5.56 Å². The molecular weight excluding hydrogens is 150 g/mol. The average molecular weight is 158 g/mol. The standard InChI is InChI=1S/C7H7NO.ClH/c9-8-6-7-4-2-1-3-5-7;/h1-6,9H;1H/b8-6-;. The zero-order chi connectivity index (χ0) is 6.53. The molecule has 0 bridgehead atoms. The van der Waals surface area contributed by atoms with Gasteiger partial charge in [0, 0.05) is 0 Å². The highest BCUT2D eigenvalue weighted by Crippen LogP contribution is 1.92. The van der Waals surface area contributed by atoms with Crippen molar-refractivity contribution >= 4 is 18.6 Å². The Labute approximate surface area is 65.6 Å². The monoisotopic (exact) mass is 157 g/mol. The molecule has 1 aromatic rings. The Bertz CT molecular complexity index is 198. The lowest BCUT2D eigenvalue weighted by molar-refractivity contribution is 0.322. The van der Waals surface area contributed by atoms with Gasteiger partial charge in [0.05, 0.1) is 6.21 Å². The molecular formula is C7H8ClNO. The van der Waals surface area contributed by atoms with Gasteiger partial charge in [-0.25, -0.2) is 0 Å². The van der Waals surface area contributed by atoms with Crippen LogP contribution in [0.1, 0.15) is 5.56 Å². The molecule has 2 nitrogen and oxygen atoms in total. The molecule has 0 unspecified atom stereocenters. The molecule has 10 heavy (non-hydrogen) atoms. The van der Waals surface area contributed by atoms with Crippen molar-refractivity contribution in [3.05, 3.63) is 35.9 Å². The summed E-state index contributed by atoms with van der Waals surface area (Å²) in [4.78, 5) is 0. The molecule has 0 heterocycles. The molecule has 1 N–H and O–H groups in total. The number of oxime groups is 1. The van der Waals surface area contributed by atoms with E-state index in [2.05, 4.69) is 5.16 Å². The predicted molar refractivity (Wildman–Crippen MR) is 43.1 cm³/mol. The highest BCUT2D eigenvalue weighted by atomic mass is 35.5. The number of hydrogen-bond acceptors (Lipinski definition) is 2. The van der Waals surface area contributed by atoms with E-state index in [0.717, 1.165) is 5.56 Å². The summed E-state index contributed by atoms with van der Waals surface area (Å²) < 4.78 is 0. The van der Waals surface area contributed by atoms with E-state index in [1.165, 1.54) is 6.21 Å². The van der Waals surface area contributed by atoms with Crippen LogP contribution in [-0.4, -0.2) is 11.4 Å². The van der Waals surface area contributed by atoms with E-state index in [-0.39, 0.29) is 12.4 Å². The second-order valence-electron chi connectivity index (χ2n) is 1.66. The molecule has 1 rings (SSSR count). The highest BCUT2D eigenvalue weighted by molar-refractivity contribution is 5.85. The van der Waals surface area contributed by atoms with Crippen LogP contribution in [0.2, 0.25) is 0 Å². The molecule has 1 aromatic carbocycles. The molecule has 54 valence electrons. The van der Waals surface area contributed by atoms with Crippen LogP contribution in [0.3, 0.4) is 0 Å². The average Bonchev–Trinajstić information content (AvgIpc) is 1.91. The van der Waals surface area contributed by atoms with E-state index in [1.807, 2.05) is 30.3 Å². The maximum absolute atomic E-state index is 8.09. The Kier molecular flexibility index (Phi) is 4.33. The van der Waals surface area contributed by atoms with Crippen LogP contribution in [0.15, 0.2) is 35.5 Å². The lowest BCUT2D eigenvalue weighted by Gasteiger charge is -1.85. The molecule has 0 saturated carbocycles. The SMILES string of the molecule is Cl.O/N=C\c1ccccc1. The number of rotatable bonds is 1. The Balaban J connectivity index is 0.000000810. The Morgan fingerprint density at radius 3 is 2.30 bits per heavy atom. The van der Waals surface area contributed by atoms with Crippen LogP contribution in [-0.2, 0) is 0 Å². The largest absolute Gasteiger partial charge is 0.411 e. The smallest absolute Gasteiger partial charge is 0.0733 e. The van der Waals surface area contributed by atoms with Crippen molar-refractivity contribution in [3.8, 4) is 0 Å². The van der Waals surface area contributed by atoms with Gasteiger partial charge in [-0.1, -0.05) is 35.5 Å². The third kappa shape index (κ3) is 2.51. The summed E-state index contributed by atoms with van der Waals surface area (Å²) >= 11 is 0. The molecule has 0 spiro atoms. The Morgan fingerprint density at radius 2 is 1.80 bits per heavy atom. The summed E-state index contributed by atoms with van der Waals surface area (Å²) in [6, 6.07) is 9.40. The first-order valence-corrected chi connectivity index (χ1v) is 2.66. The van der Waals surface area contributed by atoms with Crippen molar-refractivity contribution in [2.45, 2.75) is 0 Å². The van der Waals surface area contributed by atoms with Crippen LogP contribution < -0.4 is 0 Å². The minimum absolute atomic E-state index is 0. The predicted octanol–water partition coefficient (Wildman–Crippen LogP) is 1.92. The first-order chi connectivity index (χ1) is 4.43. The van der Waals surface area contributed by atoms with E-state index in [4.69, 9.17) is 5.21 Å². The van der Waals surface area contributed by atoms with Gasteiger partial charge in [-0.2, -0.15) is 0 Å². The van der Waals surface area contributed by atoms with Gasteiger partial charge in [0.25, 0.3) is 0 Å². The lowest BCUT2D eigenvalue weighted by atomic mass is 10.2. The zero-order valence-electron chi connectivity index (χ0n) is 5.27. The minimum Gasteiger partial charge on any atom is -0.411 e. The summed E-state index contributed by atoms with van der Waals surface area (Å²) in [6.45, 7) is 0. The first kappa shape index (κ1) is 8.98. The lowest BCUT2D eigenvalue weighted by Crippen LogP contribution is -1.76. The van der Waals surface area contributed by atoms with Gasteiger partial charge in [-0.3, -0.25) is 0 Å². The summed E-state index contributed by atoms with van der Waals surface area (Å²) in [5.74, 6) is 0. The maximum atomic E-state index is 8.09. The molecule has 0 saturated heterocycles. The molecule has 0 atom stereocenters. The molecule has 3 heteroatoms. The van der Waals surface area contributed by atoms with Crippen LogP contribution in [0.5, 0.6) is 0 Å². The van der Waals surface area contributed by atoms with Gasteiger partial charge >= 0.3 is 0 Å². The Morgan fingerprint density at radius 1 is 1.20 bits per heavy atom. The molecule has 0 aliphatic carbocycles. The molecule has 0 fully saturated rings. The third-order valence-electron chi connectivity index (χ3n) is 1.01. The number of benzene rings is 1. The second-order valence-corrected chi connectivity index (χ2v) is 1.66. The molecule has 0 aromatic heterocycles. The minimum atomic E-state index is 0. The van der Waals surface area contributed by atoms with E-state index >= 15 is 0 Å². The summed E-state index contributed by atoms with van der Waals surface area (Å²) in [6.07, 6.45) is 1.39. The molecule has 0 amide bonds. The third-order valence-corrected chi connectivity index (χ3v) is 1.01. The number of halogens is 1. The topological polar surface area (TPSA) is 32.6 Å². The number of hydrogen-bond donors (Lipinski definition) is 1. The Hall–Kier alpha value is -1.02. The van der Waals surface area contributed by atoms with Crippen LogP contribution >= 0.6 is 12.4 Å². The van der Waals surface area contributed by atoms with Gasteiger partial charge in [0.1, 0.15) is 0 Å². The van der Waals surface area contributed by atoms with E-state index < -0.39 is 0 Å². The normalized spacial score (nSPS) is 9.20. The summed E-state index contributed by atoms with van der Waals surface area (Å²) in [7, 11) is 0. The van der Waals surface area contributed by atoms with Crippen LogP contribution in [0, 0.1) is 0 Å². The van der Waals surface area contributed by atoms with Crippen LogP contribution in [0.4, 0.5) is 0 Å². The van der Waals surface area contributed by atoms with Crippen molar-refractivity contribution in [1.82, 2.24) is 0 Å². The van der Waals surface area contributed by atoms with Crippen molar-refractivity contribution in [2.24, 2.45) is 5.16 Å². The quantitative estimate of drug-likeness (QED) is 0.377. The zero-order valence-corrected chi connectivity index (χ0v) is 6.08. The van der Waals surface area contributed by atoms with E-state index in [1.54, 1.807) is 0 Å². The highest BCUT2D eigenvalue weighted by Gasteiger charge is 1.79. The van der Waals surface area contributed by atoms with Crippen molar-refractivity contribution in [3.63, 3.8) is 0 Å². The van der Waals surface area contributed by atoms with Crippen molar-refractivity contribution in [2.75, 3.05) is 0 Å². The van der Waals surface area contributed by atoms with Gasteiger partial charge in [-0.15, -0.1) is 12.4 Å². The van der Waals surface area contributed by atoms with Gasteiger partial charge < -0.3 is 5.21 Å². The first-order valence-electron chi connectivity index (χ1n) is 2.66. The fourth-order valence-corrected chi connectivity index (χ4v) is 0.606. The van der Waals surface area contributed by atoms with Crippen molar-refractivity contribution in [1.29, 1.82) is 0 Å². The summed E-state index contributed by atoms with van der Waals surface area (Å²) in [5.41, 5.74) is 0.903. The molecule has 0 radical (unpaired) electrons. The second kappa shape index (κ2) is 4.82. The van der Waals surface area contributed by atoms with E-state index in [0.29, 0.717) is 0 Å². The molecule has 0 aliphatic heterocycles. The van der Waals surface area contributed by atoms with Crippen molar-refractivity contribution < 1.29 is 5.21 Å². The molecule has 0 aliphatic rings. The number of nitrogens with zero attached hydrogens (tertiary/aromatic N) is 1. The van der Waals surface area contributed by atoms with E-state index in [9.17, 15) is 0 Å². The fourth-order valence-electron chi connectivity index (χ4n) is 0.606. The van der Waals surface area contributed by atoms with Crippen LogP contribution in [0.25, 0.3) is 0 Å². The maximum Gasteiger partial charge on any atom is 0.0733 e. The fraction of sp³-hybridized carbons (Fsp3) is 0. The van der Waals surface area contributed by atoms with Gasteiger partial charge in [0.2, 0.25) is 0 Å². The summed E-state index contributed by atoms with van der Waals surface area (Å²) in [5, 5.41) is 11.0. The van der Waals surface area contributed by atoms with Gasteiger partial charge in [0.15, 0.2) is 0 Å².